The molecule has 1 fully saturated rings. The topological polar surface area (TPSA) is 109 Å². The highest BCUT2D eigenvalue weighted by molar-refractivity contribution is 5.94. The van der Waals surface area contributed by atoms with E-state index in [1.807, 2.05) is 91.0 Å². The molecule has 9 heteroatoms. The molecule has 0 aliphatic carbocycles. The molecule has 1 aliphatic rings. The van der Waals surface area contributed by atoms with Gasteiger partial charge in [0, 0.05) is 12.1 Å². The molecule has 1 aliphatic heterocycles. The molecule has 5 rings (SSSR count). The van der Waals surface area contributed by atoms with Crippen LogP contribution in [0.2, 0.25) is 0 Å². The van der Waals surface area contributed by atoms with Crippen LogP contribution < -0.4 is 10.9 Å². The second-order valence-electron chi connectivity index (χ2n) is 8.72. The number of benzene rings is 3. The summed E-state index contributed by atoms with van der Waals surface area (Å²) in [6.07, 6.45) is 1.47. The number of nitrogens with zero attached hydrogens (tertiary/aromatic N) is 4. The van der Waals surface area contributed by atoms with E-state index in [0.717, 1.165) is 23.2 Å². The number of carbonyl (C=O) groups is 3. The van der Waals surface area contributed by atoms with Gasteiger partial charge in [-0.25, -0.2) is 9.67 Å². The predicted octanol–water partition coefficient (Wildman–Crippen LogP) is 2.93. The van der Waals surface area contributed by atoms with Crippen LogP contribution in [0.1, 0.15) is 29.0 Å². The van der Waals surface area contributed by atoms with Crippen LogP contribution in [0, 0.1) is 0 Å². The fourth-order valence-corrected chi connectivity index (χ4v) is 4.40. The summed E-state index contributed by atoms with van der Waals surface area (Å²) < 4.78 is 1.59. The van der Waals surface area contributed by atoms with E-state index in [0.29, 0.717) is 18.8 Å². The lowest BCUT2D eigenvalue weighted by molar-refractivity contribution is -0.138. The Labute approximate surface area is 214 Å². The highest BCUT2D eigenvalue weighted by atomic mass is 16.2. The van der Waals surface area contributed by atoms with Gasteiger partial charge in [0.15, 0.2) is 5.82 Å². The van der Waals surface area contributed by atoms with E-state index in [4.69, 9.17) is 0 Å². The molecule has 2 heterocycles. The molecule has 3 amide bonds. The molecule has 0 radical (unpaired) electrons. The average molecular weight is 495 g/mol. The van der Waals surface area contributed by atoms with Crippen molar-refractivity contribution in [1.29, 1.82) is 0 Å². The van der Waals surface area contributed by atoms with Gasteiger partial charge in [0.1, 0.15) is 6.04 Å². The molecule has 4 aromatic rings. The fourth-order valence-electron chi connectivity index (χ4n) is 4.40. The molecule has 186 valence electrons. The SMILES string of the molecule is O=C(NNC(=O)C1CCCN1C(=O)Cc1ccccc1)c1nc(-c2ccccc2)n(-c2ccccc2)n1. The summed E-state index contributed by atoms with van der Waals surface area (Å²) in [6.45, 7) is 0.501. The van der Waals surface area contributed by atoms with Crippen LogP contribution in [0.3, 0.4) is 0 Å². The number of hydrazine groups is 1. The molecular formula is C28H26N6O3. The molecule has 2 N–H and O–H groups in total. The highest BCUT2D eigenvalue weighted by Crippen LogP contribution is 2.21. The first kappa shape index (κ1) is 23.9. The van der Waals surface area contributed by atoms with Gasteiger partial charge in [-0.1, -0.05) is 78.9 Å². The number of amides is 3. The highest BCUT2D eigenvalue weighted by Gasteiger charge is 2.34. The molecule has 1 saturated heterocycles. The van der Waals surface area contributed by atoms with Crippen molar-refractivity contribution in [1.82, 2.24) is 30.5 Å². The zero-order valence-corrected chi connectivity index (χ0v) is 20.1. The van der Waals surface area contributed by atoms with Crippen LogP contribution in [0.15, 0.2) is 91.0 Å². The lowest BCUT2D eigenvalue weighted by Gasteiger charge is -2.24. The van der Waals surface area contributed by atoms with Crippen LogP contribution in [-0.2, 0) is 16.0 Å². The van der Waals surface area contributed by atoms with Crippen molar-refractivity contribution in [3.8, 4) is 17.1 Å². The molecule has 9 nitrogen and oxygen atoms in total. The molecule has 0 bridgehead atoms. The van der Waals surface area contributed by atoms with E-state index in [9.17, 15) is 14.4 Å². The van der Waals surface area contributed by atoms with Crippen molar-refractivity contribution >= 4 is 17.7 Å². The minimum Gasteiger partial charge on any atom is -0.330 e. The standard InChI is InChI=1S/C28H26N6O3/c35-24(19-20-11-4-1-5-12-20)33-18-10-17-23(33)27(36)30-31-28(37)25-29-26(21-13-6-2-7-14-21)34(32-25)22-15-8-3-9-16-22/h1-9,11-16,23H,10,17-19H2,(H,30,36)(H,31,37). The Morgan fingerprint density at radius 3 is 2.19 bits per heavy atom. The van der Waals surface area contributed by atoms with Crippen molar-refractivity contribution in [2.75, 3.05) is 6.54 Å². The summed E-state index contributed by atoms with van der Waals surface area (Å²) in [7, 11) is 0. The largest absolute Gasteiger partial charge is 0.330 e. The summed E-state index contributed by atoms with van der Waals surface area (Å²) in [5.41, 5.74) is 7.30. The van der Waals surface area contributed by atoms with Crippen LogP contribution >= 0.6 is 0 Å². The number of rotatable bonds is 6. The fraction of sp³-hybridized carbons (Fsp3) is 0.179. The van der Waals surface area contributed by atoms with Crippen molar-refractivity contribution in [2.24, 2.45) is 0 Å². The molecule has 1 atom stereocenters. The van der Waals surface area contributed by atoms with Gasteiger partial charge >= 0.3 is 5.91 Å². The van der Waals surface area contributed by atoms with Crippen molar-refractivity contribution in [2.45, 2.75) is 25.3 Å². The van der Waals surface area contributed by atoms with Crippen molar-refractivity contribution < 1.29 is 14.4 Å². The number of hydrogen-bond acceptors (Lipinski definition) is 5. The van der Waals surface area contributed by atoms with E-state index in [1.165, 1.54) is 0 Å². The zero-order valence-electron chi connectivity index (χ0n) is 20.1. The lowest BCUT2D eigenvalue weighted by atomic mass is 10.1. The van der Waals surface area contributed by atoms with Gasteiger partial charge in [0.25, 0.3) is 5.91 Å². The maximum Gasteiger partial charge on any atom is 0.309 e. The lowest BCUT2D eigenvalue weighted by Crippen LogP contribution is -2.52. The summed E-state index contributed by atoms with van der Waals surface area (Å²) in [4.78, 5) is 44.7. The minimum atomic E-state index is -0.652. The summed E-state index contributed by atoms with van der Waals surface area (Å²) in [5, 5.41) is 4.40. The third-order valence-corrected chi connectivity index (χ3v) is 6.22. The second kappa shape index (κ2) is 10.9. The molecule has 1 aromatic heterocycles. The van der Waals surface area contributed by atoms with Gasteiger partial charge in [-0.3, -0.25) is 25.2 Å². The Hall–Kier alpha value is -4.79. The summed E-state index contributed by atoms with van der Waals surface area (Å²) in [6, 6.07) is 27.6. The first-order valence-corrected chi connectivity index (χ1v) is 12.1. The minimum absolute atomic E-state index is 0.0913. The van der Waals surface area contributed by atoms with Crippen LogP contribution in [0.4, 0.5) is 0 Å². The van der Waals surface area contributed by atoms with Gasteiger partial charge in [0.2, 0.25) is 11.7 Å². The molecule has 0 saturated carbocycles. The number of likely N-dealkylation sites (tertiary alicyclic amines) is 1. The normalized spacial score (nSPS) is 14.8. The molecular weight excluding hydrogens is 468 g/mol. The van der Waals surface area contributed by atoms with E-state index >= 15 is 0 Å². The van der Waals surface area contributed by atoms with Gasteiger partial charge in [-0.15, -0.1) is 5.10 Å². The average Bonchev–Trinajstić information content (AvgIpc) is 3.62. The van der Waals surface area contributed by atoms with Crippen LogP contribution in [0.25, 0.3) is 17.1 Å². The maximum absolute atomic E-state index is 12.9. The quantitative estimate of drug-likeness (QED) is 0.401. The second-order valence-corrected chi connectivity index (χ2v) is 8.72. The zero-order chi connectivity index (χ0) is 25.6. The number of carbonyl (C=O) groups excluding carboxylic acids is 3. The van der Waals surface area contributed by atoms with Gasteiger partial charge in [-0.2, -0.15) is 0 Å². The Morgan fingerprint density at radius 1 is 0.838 bits per heavy atom. The molecule has 37 heavy (non-hydrogen) atoms. The molecule has 1 unspecified atom stereocenters. The predicted molar refractivity (Wildman–Crippen MR) is 137 cm³/mol. The van der Waals surface area contributed by atoms with Gasteiger partial charge in [-0.05, 0) is 30.5 Å². The Kier molecular flexibility index (Phi) is 7.02. The smallest absolute Gasteiger partial charge is 0.309 e. The van der Waals surface area contributed by atoms with Gasteiger partial charge < -0.3 is 4.90 Å². The first-order valence-electron chi connectivity index (χ1n) is 12.1. The number of nitrogens with one attached hydrogen (secondary N) is 2. The van der Waals surface area contributed by atoms with E-state index in [-0.39, 0.29) is 18.2 Å². The van der Waals surface area contributed by atoms with E-state index in [2.05, 4.69) is 20.9 Å². The summed E-state index contributed by atoms with van der Waals surface area (Å²) >= 11 is 0. The number of hydrogen-bond donors (Lipinski definition) is 2. The van der Waals surface area contributed by atoms with E-state index in [1.54, 1.807) is 9.58 Å². The Bertz CT molecular complexity index is 1330. The Morgan fingerprint density at radius 2 is 1.49 bits per heavy atom. The Balaban J connectivity index is 1.28. The molecule has 0 spiro atoms. The van der Waals surface area contributed by atoms with Crippen molar-refractivity contribution in [3.63, 3.8) is 0 Å². The number of para-hydroxylation sites is 1. The van der Waals surface area contributed by atoms with Gasteiger partial charge in [0.05, 0.1) is 12.1 Å². The third kappa shape index (κ3) is 5.40. The van der Waals surface area contributed by atoms with Crippen LogP contribution in [-0.4, -0.2) is 50.0 Å². The third-order valence-electron chi connectivity index (χ3n) is 6.22. The summed E-state index contributed by atoms with van der Waals surface area (Å²) in [5.74, 6) is -0.812. The molecule has 3 aromatic carbocycles. The van der Waals surface area contributed by atoms with Crippen molar-refractivity contribution in [3.05, 3.63) is 102 Å². The van der Waals surface area contributed by atoms with E-state index < -0.39 is 17.9 Å². The van der Waals surface area contributed by atoms with Crippen LogP contribution in [0.5, 0.6) is 0 Å². The number of aromatic nitrogens is 3. The first-order chi connectivity index (χ1) is 18.1. The maximum atomic E-state index is 12.9. The monoisotopic (exact) mass is 494 g/mol.